The van der Waals surface area contributed by atoms with Gasteiger partial charge in [-0.3, -0.25) is 0 Å². The van der Waals surface area contributed by atoms with Crippen molar-refractivity contribution in [2.75, 3.05) is 6.54 Å². The van der Waals surface area contributed by atoms with Crippen LogP contribution >= 0.6 is 0 Å². The first-order chi connectivity index (χ1) is 7.47. The molecule has 0 aliphatic heterocycles. The van der Waals surface area contributed by atoms with E-state index in [1.807, 2.05) is 13.8 Å². The highest BCUT2D eigenvalue weighted by molar-refractivity contribution is 5.18. The summed E-state index contributed by atoms with van der Waals surface area (Å²) in [7, 11) is 0. The second-order valence-corrected chi connectivity index (χ2v) is 4.20. The average molecular weight is 229 g/mol. The number of aliphatic hydroxyl groups is 1. The maximum absolute atomic E-state index is 12.9. The maximum Gasteiger partial charge on any atom is 0.126 e. The van der Waals surface area contributed by atoms with Crippen LogP contribution in [0.2, 0.25) is 0 Å². The largest absolute Gasteiger partial charge is 0.391 e. The molecule has 1 aromatic rings. The van der Waals surface area contributed by atoms with Gasteiger partial charge in [0.05, 0.1) is 6.10 Å². The van der Waals surface area contributed by atoms with Crippen LogP contribution in [0, 0.1) is 11.6 Å². The molecule has 0 spiro atoms. The Balaban J connectivity index is 2.52. The lowest BCUT2D eigenvalue weighted by molar-refractivity contribution is 0.168. The van der Waals surface area contributed by atoms with Crippen LogP contribution in [-0.2, 0) is 6.42 Å². The summed E-state index contributed by atoms with van der Waals surface area (Å²) in [6.45, 7) is 4.35. The van der Waals surface area contributed by atoms with Gasteiger partial charge < -0.3 is 10.4 Å². The number of rotatable bonds is 5. The van der Waals surface area contributed by atoms with E-state index in [0.29, 0.717) is 12.1 Å². The molecule has 0 aromatic heterocycles. The number of aliphatic hydroxyl groups excluding tert-OH is 1. The van der Waals surface area contributed by atoms with Crippen molar-refractivity contribution in [2.45, 2.75) is 32.4 Å². The van der Waals surface area contributed by atoms with Gasteiger partial charge in [-0.2, -0.15) is 0 Å². The molecule has 1 atom stereocenters. The molecule has 0 aliphatic carbocycles. The van der Waals surface area contributed by atoms with Gasteiger partial charge in [0.2, 0.25) is 0 Å². The quantitative estimate of drug-likeness (QED) is 0.807. The fourth-order valence-corrected chi connectivity index (χ4v) is 1.44. The molecule has 1 unspecified atom stereocenters. The predicted molar refractivity (Wildman–Crippen MR) is 59.2 cm³/mol. The van der Waals surface area contributed by atoms with Crippen molar-refractivity contribution in [3.8, 4) is 0 Å². The van der Waals surface area contributed by atoms with Crippen LogP contribution in [-0.4, -0.2) is 23.8 Å². The van der Waals surface area contributed by atoms with Gasteiger partial charge in [-0.25, -0.2) is 8.78 Å². The minimum atomic E-state index is -0.636. The summed E-state index contributed by atoms with van der Waals surface area (Å²) in [6, 6.07) is 3.57. The molecule has 0 aliphatic rings. The summed E-state index contributed by atoms with van der Waals surface area (Å²) in [5, 5.41) is 12.7. The Morgan fingerprint density at radius 2 is 1.75 bits per heavy atom. The summed E-state index contributed by atoms with van der Waals surface area (Å²) in [5.74, 6) is -1.22. The highest BCUT2D eigenvalue weighted by atomic mass is 19.1. The van der Waals surface area contributed by atoms with E-state index in [2.05, 4.69) is 5.32 Å². The first kappa shape index (κ1) is 13.1. The van der Waals surface area contributed by atoms with Crippen LogP contribution in [0.1, 0.15) is 19.4 Å². The summed E-state index contributed by atoms with van der Waals surface area (Å²) < 4.78 is 25.7. The molecule has 1 aromatic carbocycles. The number of nitrogens with one attached hydrogen (secondary N) is 1. The van der Waals surface area contributed by atoms with Crippen LogP contribution in [0.25, 0.3) is 0 Å². The van der Waals surface area contributed by atoms with Gasteiger partial charge in [-0.05, 0) is 24.1 Å². The third-order valence-electron chi connectivity index (χ3n) is 2.16. The van der Waals surface area contributed by atoms with Crippen LogP contribution < -0.4 is 5.32 Å². The number of halogens is 2. The molecule has 0 bridgehead atoms. The highest BCUT2D eigenvalue weighted by Crippen LogP contribution is 2.10. The van der Waals surface area contributed by atoms with E-state index in [4.69, 9.17) is 0 Å². The Morgan fingerprint density at radius 1 is 1.19 bits per heavy atom. The van der Waals surface area contributed by atoms with Crippen molar-refractivity contribution >= 4 is 0 Å². The van der Waals surface area contributed by atoms with Gasteiger partial charge in [0.15, 0.2) is 0 Å². The van der Waals surface area contributed by atoms with E-state index in [1.165, 1.54) is 12.1 Å². The van der Waals surface area contributed by atoms with Crippen molar-refractivity contribution in [3.05, 3.63) is 35.4 Å². The fraction of sp³-hybridized carbons (Fsp3) is 0.500. The fourth-order valence-electron chi connectivity index (χ4n) is 1.44. The Hall–Kier alpha value is -1.00. The molecular formula is C12H17F2NO. The summed E-state index contributed by atoms with van der Waals surface area (Å²) in [6.07, 6.45) is -0.391. The molecule has 0 radical (unpaired) electrons. The third-order valence-corrected chi connectivity index (χ3v) is 2.16. The first-order valence-electron chi connectivity index (χ1n) is 5.34. The van der Waals surface area contributed by atoms with Gasteiger partial charge in [0.1, 0.15) is 11.6 Å². The lowest BCUT2D eigenvalue weighted by Crippen LogP contribution is -2.33. The highest BCUT2D eigenvalue weighted by Gasteiger charge is 2.08. The minimum Gasteiger partial charge on any atom is -0.391 e. The Morgan fingerprint density at radius 3 is 2.25 bits per heavy atom. The third kappa shape index (κ3) is 4.68. The van der Waals surface area contributed by atoms with E-state index in [0.717, 1.165) is 6.07 Å². The predicted octanol–water partition coefficient (Wildman–Crippen LogP) is 1.87. The van der Waals surface area contributed by atoms with Crippen LogP contribution in [0.15, 0.2) is 18.2 Å². The summed E-state index contributed by atoms with van der Waals surface area (Å²) in [4.78, 5) is 0. The lowest BCUT2D eigenvalue weighted by atomic mass is 10.1. The summed E-state index contributed by atoms with van der Waals surface area (Å²) >= 11 is 0. The molecule has 2 nitrogen and oxygen atoms in total. The normalized spacial score (nSPS) is 13.1. The zero-order chi connectivity index (χ0) is 12.1. The molecule has 4 heteroatoms. The first-order valence-corrected chi connectivity index (χ1v) is 5.34. The van der Waals surface area contributed by atoms with Gasteiger partial charge in [0.25, 0.3) is 0 Å². The lowest BCUT2D eigenvalue weighted by Gasteiger charge is -2.14. The molecule has 0 saturated carbocycles. The Kier molecular flexibility index (Phi) is 4.83. The number of hydrogen-bond acceptors (Lipinski definition) is 2. The van der Waals surface area contributed by atoms with Crippen molar-refractivity contribution in [2.24, 2.45) is 0 Å². The second-order valence-electron chi connectivity index (χ2n) is 4.20. The molecule has 0 heterocycles. The Bertz CT molecular complexity index is 322. The number of benzene rings is 1. The smallest absolute Gasteiger partial charge is 0.126 e. The van der Waals surface area contributed by atoms with Crippen LogP contribution in [0.5, 0.6) is 0 Å². The zero-order valence-corrected chi connectivity index (χ0v) is 9.50. The topological polar surface area (TPSA) is 32.3 Å². The van der Waals surface area contributed by atoms with Gasteiger partial charge in [-0.15, -0.1) is 0 Å². The summed E-state index contributed by atoms with van der Waals surface area (Å²) in [5.41, 5.74) is 0.468. The number of hydrogen-bond donors (Lipinski definition) is 2. The van der Waals surface area contributed by atoms with Crippen molar-refractivity contribution in [1.82, 2.24) is 5.32 Å². The van der Waals surface area contributed by atoms with Crippen LogP contribution in [0.4, 0.5) is 8.78 Å². The second kappa shape index (κ2) is 5.92. The molecule has 16 heavy (non-hydrogen) atoms. The molecule has 2 N–H and O–H groups in total. The standard InChI is InChI=1S/C12H17F2NO/c1-8(2)15-7-12(16)5-9-3-10(13)6-11(14)4-9/h3-4,6,8,12,15-16H,5,7H2,1-2H3. The average Bonchev–Trinajstić information content (AvgIpc) is 2.12. The molecule has 0 amide bonds. The molecule has 0 saturated heterocycles. The Labute approximate surface area is 94.3 Å². The van der Waals surface area contributed by atoms with Crippen molar-refractivity contribution in [1.29, 1.82) is 0 Å². The zero-order valence-electron chi connectivity index (χ0n) is 9.50. The molecular weight excluding hydrogens is 212 g/mol. The SMILES string of the molecule is CC(C)NCC(O)Cc1cc(F)cc(F)c1. The van der Waals surface area contributed by atoms with E-state index < -0.39 is 17.7 Å². The van der Waals surface area contributed by atoms with Crippen molar-refractivity contribution in [3.63, 3.8) is 0 Å². The monoisotopic (exact) mass is 229 g/mol. The van der Waals surface area contributed by atoms with Gasteiger partial charge in [0, 0.05) is 18.7 Å². The van der Waals surface area contributed by atoms with E-state index >= 15 is 0 Å². The van der Waals surface area contributed by atoms with E-state index in [9.17, 15) is 13.9 Å². The minimum absolute atomic E-state index is 0.244. The molecule has 0 fully saturated rings. The van der Waals surface area contributed by atoms with E-state index in [1.54, 1.807) is 0 Å². The maximum atomic E-state index is 12.9. The van der Waals surface area contributed by atoms with E-state index in [-0.39, 0.29) is 12.5 Å². The van der Waals surface area contributed by atoms with Gasteiger partial charge in [-0.1, -0.05) is 13.8 Å². The molecule has 1 rings (SSSR count). The van der Waals surface area contributed by atoms with Gasteiger partial charge >= 0.3 is 0 Å². The van der Waals surface area contributed by atoms with Crippen molar-refractivity contribution < 1.29 is 13.9 Å². The van der Waals surface area contributed by atoms with Crippen LogP contribution in [0.3, 0.4) is 0 Å². The molecule has 90 valence electrons.